The molecule has 0 saturated carbocycles. The van der Waals surface area contributed by atoms with Gasteiger partial charge < -0.3 is 5.73 Å². The molecule has 21 heavy (non-hydrogen) atoms. The average molecular weight is 315 g/mol. The number of hydrogen-bond acceptors (Lipinski definition) is 5. The van der Waals surface area contributed by atoms with Crippen LogP contribution in [0.1, 0.15) is 25.3 Å². The van der Waals surface area contributed by atoms with Crippen LogP contribution in [0.3, 0.4) is 0 Å². The molecule has 0 atom stereocenters. The second-order valence-electron chi connectivity index (χ2n) is 3.75. The molecular weight excluding hydrogens is 296 g/mol. The van der Waals surface area contributed by atoms with E-state index in [4.69, 9.17) is 17.0 Å². The molecule has 1 rings (SSSR count). The largest absolute Gasteiger partial charge is 0.390 e. The number of aromatic nitrogens is 1. The van der Waals surface area contributed by atoms with Gasteiger partial charge in [-0.1, -0.05) is 37.1 Å². The van der Waals surface area contributed by atoms with E-state index >= 15 is 0 Å². The molecule has 0 bridgehead atoms. The van der Waals surface area contributed by atoms with Gasteiger partial charge in [-0.2, -0.15) is 5.43 Å². The second kappa shape index (κ2) is 11.6. The van der Waals surface area contributed by atoms with Gasteiger partial charge in [-0.05, 0) is 23.2 Å². The summed E-state index contributed by atoms with van der Waals surface area (Å²) in [6.45, 7) is 2.31. The summed E-state index contributed by atoms with van der Waals surface area (Å²) in [7, 11) is 0. The summed E-state index contributed by atoms with van der Waals surface area (Å²) >= 11 is 5.65. The number of hydrazine groups is 2. The summed E-state index contributed by atoms with van der Waals surface area (Å²) in [5, 5.41) is 17.3. The molecule has 0 radical (unpaired) electrons. The van der Waals surface area contributed by atoms with Crippen molar-refractivity contribution in [2.75, 3.05) is 0 Å². The lowest BCUT2D eigenvalue weighted by Crippen LogP contribution is -2.37. The number of unbranched alkanes of at least 4 members (excludes halogenated alkanes) is 1. The van der Waals surface area contributed by atoms with Crippen LogP contribution in [0.2, 0.25) is 5.15 Å². The SMILES string of the molecule is CCC/C=C/N(NCc1ccc(Cl)nc1)[N+](=O)[O-].N=CN. The standard InChI is InChI=1S/C11H15ClN4O2.CH4N2/c1-2-3-4-7-15(16(17)18)14-9-10-5-6-11(12)13-8-10;2-1-3/h4-8,14H,2-3,9H2,1H3;1H,(H3,2,3)/b7-4+;. The first-order chi connectivity index (χ1) is 10.0. The molecule has 0 fully saturated rings. The average Bonchev–Trinajstić information content (AvgIpc) is 2.45. The maximum atomic E-state index is 10.8. The van der Waals surface area contributed by atoms with Gasteiger partial charge in [-0.25, -0.2) is 15.1 Å². The molecule has 1 aromatic heterocycles. The van der Waals surface area contributed by atoms with Crippen molar-refractivity contribution in [3.63, 3.8) is 0 Å². The molecule has 9 heteroatoms. The quantitative estimate of drug-likeness (QED) is 0.233. The number of nitrogens with one attached hydrogen (secondary N) is 2. The molecule has 116 valence electrons. The minimum absolute atomic E-state index is 0.307. The van der Waals surface area contributed by atoms with Crippen molar-refractivity contribution in [1.29, 1.82) is 5.41 Å². The van der Waals surface area contributed by atoms with E-state index in [1.165, 1.54) is 6.20 Å². The van der Waals surface area contributed by atoms with Gasteiger partial charge in [-0.3, -0.25) is 5.41 Å². The van der Waals surface area contributed by atoms with Crippen LogP contribution < -0.4 is 11.2 Å². The number of nitrogens with two attached hydrogens (primary N) is 1. The molecule has 0 aliphatic rings. The monoisotopic (exact) mass is 314 g/mol. The number of pyridine rings is 1. The Morgan fingerprint density at radius 3 is 2.76 bits per heavy atom. The van der Waals surface area contributed by atoms with Gasteiger partial charge in [0.15, 0.2) is 5.03 Å². The number of nitrogens with zero attached hydrogens (tertiary/aromatic N) is 3. The number of allylic oxidation sites excluding steroid dienone is 1. The molecule has 0 aliphatic carbocycles. The van der Waals surface area contributed by atoms with E-state index in [1.54, 1.807) is 24.4 Å². The maximum Gasteiger partial charge on any atom is 0.180 e. The van der Waals surface area contributed by atoms with Crippen molar-refractivity contribution < 1.29 is 5.03 Å². The highest BCUT2D eigenvalue weighted by Crippen LogP contribution is 2.05. The van der Waals surface area contributed by atoms with Gasteiger partial charge in [0.25, 0.3) is 0 Å². The van der Waals surface area contributed by atoms with Crippen molar-refractivity contribution in [3.05, 3.63) is 51.4 Å². The zero-order chi connectivity index (χ0) is 16.1. The molecule has 1 heterocycles. The Kier molecular flexibility index (Phi) is 10.4. The number of nitro groups is 1. The molecule has 0 spiro atoms. The van der Waals surface area contributed by atoms with E-state index in [0.29, 0.717) is 11.7 Å². The van der Waals surface area contributed by atoms with Crippen molar-refractivity contribution >= 4 is 17.9 Å². The first-order valence-electron chi connectivity index (χ1n) is 6.19. The molecule has 1 aromatic rings. The van der Waals surface area contributed by atoms with Crippen LogP contribution >= 0.6 is 11.6 Å². The van der Waals surface area contributed by atoms with Gasteiger partial charge in [0.2, 0.25) is 0 Å². The smallest absolute Gasteiger partial charge is 0.180 e. The summed E-state index contributed by atoms with van der Waals surface area (Å²) < 4.78 is 0. The molecule has 0 aromatic carbocycles. The maximum absolute atomic E-state index is 10.8. The first-order valence-corrected chi connectivity index (χ1v) is 6.57. The van der Waals surface area contributed by atoms with Crippen molar-refractivity contribution in [2.45, 2.75) is 26.3 Å². The van der Waals surface area contributed by atoms with Crippen LogP contribution in [0, 0.1) is 15.5 Å². The minimum Gasteiger partial charge on any atom is -0.390 e. The van der Waals surface area contributed by atoms with Crippen LogP contribution in [-0.2, 0) is 6.54 Å². The lowest BCUT2D eigenvalue weighted by Gasteiger charge is -2.10. The Balaban J connectivity index is 0.00000122. The zero-order valence-electron chi connectivity index (χ0n) is 11.7. The van der Waals surface area contributed by atoms with Crippen molar-refractivity contribution in [3.8, 4) is 0 Å². The topological polar surface area (TPSA) is 121 Å². The predicted molar refractivity (Wildman–Crippen MR) is 81.9 cm³/mol. The van der Waals surface area contributed by atoms with E-state index in [0.717, 1.165) is 29.9 Å². The van der Waals surface area contributed by atoms with Gasteiger partial charge in [0.05, 0.1) is 12.5 Å². The molecule has 4 N–H and O–H groups in total. The highest BCUT2D eigenvalue weighted by Gasteiger charge is 2.09. The van der Waals surface area contributed by atoms with Gasteiger partial charge >= 0.3 is 0 Å². The van der Waals surface area contributed by atoms with Crippen LogP contribution in [0.25, 0.3) is 0 Å². The summed E-state index contributed by atoms with van der Waals surface area (Å²) in [6, 6.07) is 3.40. The Bertz CT molecular complexity index is 452. The first kappa shape index (κ1) is 18.8. The normalized spacial score (nSPS) is 9.81. The Morgan fingerprint density at radius 2 is 2.29 bits per heavy atom. The molecule has 0 saturated heterocycles. The number of halogens is 1. The fourth-order valence-electron chi connectivity index (χ4n) is 1.19. The van der Waals surface area contributed by atoms with Crippen molar-refractivity contribution in [2.24, 2.45) is 5.73 Å². The van der Waals surface area contributed by atoms with Gasteiger partial charge in [0.1, 0.15) is 5.15 Å². The van der Waals surface area contributed by atoms with Gasteiger partial charge in [0, 0.05) is 12.7 Å². The van der Waals surface area contributed by atoms with Crippen LogP contribution in [-0.4, -0.2) is 21.5 Å². The summed E-state index contributed by atoms with van der Waals surface area (Å²) in [5.41, 5.74) is 7.88. The van der Waals surface area contributed by atoms with E-state index < -0.39 is 5.03 Å². The molecule has 8 nitrogen and oxygen atoms in total. The molecule has 0 aliphatic heterocycles. The van der Waals surface area contributed by atoms with E-state index in [9.17, 15) is 10.1 Å². The summed E-state index contributed by atoms with van der Waals surface area (Å²) in [5.74, 6) is 0. The molecule has 0 unspecified atom stereocenters. The zero-order valence-corrected chi connectivity index (χ0v) is 12.5. The fraction of sp³-hybridized carbons (Fsp3) is 0.333. The number of hydrogen-bond donors (Lipinski definition) is 3. The third-order valence-electron chi connectivity index (χ3n) is 2.11. The Morgan fingerprint density at radius 1 is 1.62 bits per heavy atom. The second-order valence-corrected chi connectivity index (χ2v) is 4.13. The Hall–Kier alpha value is -2.19. The Labute approximate surface area is 128 Å². The van der Waals surface area contributed by atoms with E-state index in [2.05, 4.69) is 16.1 Å². The lowest BCUT2D eigenvalue weighted by atomic mass is 10.3. The highest BCUT2D eigenvalue weighted by atomic mass is 35.5. The summed E-state index contributed by atoms with van der Waals surface area (Å²) in [6.07, 6.45) is 7.23. The minimum atomic E-state index is -0.518. The van der Waals surface area contributed by atoms with Gasteiger partial charge in [-0.15, -0.1) is 0 Å². The third kappa shape index (κ3) is 9.36. The lowest BCUT2D eigenvalue weighted by molar-refractivity contribution is -0.654. The fourth-order valence-corrected chi connectivity index (χ4v) is 1.30. The number of rotatable bonds is 7. The van der Waals surface area contributed by atoms with E-state index in [-0.39, 0.29) is 0 Å². The molecular formula is C12H19ClN6O2. The van der Waals surface area contributed by atoms with Crippen LogP contribution in [0.5, 0.6) is 0 Å². The van der Waals surface area contributed by atoms with Crippen LogP contribution in [0.4, 0.5) is 0 Å². The molecule has 0 amide bonds. The van der Waals surface area contributed by atoms with Crippen molar-refractivity contribution in [1.82, 2.24) is 15.5 Å². The predicted octanol–water partition coefficient (Wildman–Crippen LogP) is 2.10. The van der Waals surface area contributed by atoms with E-state index in [1.807, 2.05) is 6.92 Å². The third-order valence-corrected chi connectivity index (χ3v) is 2.34. The highest BCUT2D eigenvalue weighted by molar-refractivity contribution is 6.29. The van der Waals surface area contributed by atoms with Crippen LogP contribution in [0.15, 0.2) is 30.6 Å². The summed E-state index contributed by atoms with van der Waals surface area (Å²) in [4.78, 5) is 14.6.